The number of benzene rings is 2. The summed E-state index contributed by atoms with van der Waals surface area (Å²) in [4.78, 5) is 13.2. The van der Waals surface area contributed by atoms with Crippen molar-refractivity contribution < 1.29 is 54.7 Å². The molecule has 3 aromatic rings. The van der Waals surface area contributed by atoms with Gasteiger partial charge >= 0.3 is 0 Å². The normalized spacial score (nSPS) is 23.3. The number of fused-ring (bicyclic) bond motifs is 1. The largest absolute Gasteiger partial charge is 0.508 e. The van der Waals surface area contributed by atoms with Crippen molar-refractivity contribution in [2.75, 3.05) is 6.61 Å². The maximum Gasteiger partial charge on any atom is 0.239 e. The van der Waals surface area contributed by atoms with Gasteiger partial charge in [-0.3, -0.25) is 4.79 Å². The summed E-state index contributed by atoms with van der Waals surface area (Å²) in [7, 11) is 0. The molecule has 0 unspecified atom stereocenters. The zero-order valence-corrected chi connectivity index (χ0v) is 16.0. The van der Waals surface area contributed by atoms with Crippen molar-refractivity contribution in [3.63, 3.8) is 0 Å². The van der Waals surface area contributed by atoms with Gasteiger partial charge in [0.2, 0.25) is 17.5 Å². The van der Waals surface area contributed by atoms with Crippen LogP contribution in [0.15, 0.2) is 33.5 Å². The molecule has 32 heavy (non-hydrogen) atoms. The lowest BCUT2D eigenvalue weighted by Gasteiger charge is -2.34. The topological polar surface area (TPSA) is 211 Å². The second kappa shape index (κ2) is 7.76. The SMILES string of the molecule is O=c1c(O[C@@H]2OC[C@@H](O)[C@@H](O)[C@@H]2O)c(-c2cc(O)c(O)c(O)c2)oc2cc(O)cc(O)c12. The third-order valence-electron chi connectivity index (χ3n) is 4.94. The maximum atomic E-state index is 13.2. The Hall–Kier alpha value is -3.71. The minimum absolute atomic E-state index is 0.166. The van der Waals surface area contributed by atoms with Crippen molar-refractivity contribution in [1.29, 1.82) is 0 Å². The number of aliphatic hydroxyl groups is 3. The van der Waals surface area contributed by atoms with E-state index in [4.69, 9.17) is 13.9 Å². The van der Waals surface area contributed by atoms with Crippen LogP contribution in [-0.2, 0) is 4.74 Å². The molecule has 0 amide bonds. The van der Waals surface area contributed by atoms with E-state index >= 15 is 0 Å². The lowest BCUT2D eigenvalue weighted by atomic mass is 10.1. The summed E-state index contributed by atoms with van der Waals surface area (Å²) in [6.45, 7) is -0.433. The Labute approximate surface area is 178 Å². The first kappa shape index (κ1) is 21.5. The number of phenols is 5. The highest BCUT2D eigenvalue weighted by Crippen LogP contribution is 2.42. The first-order chi connectivity index (χ1) is 15.1. The lowest BCUT2D eigenvalue weighted by molar-refractivity contribution is -0.242. The number of phenolic OH excluding ortho intramolecular Hbond substituents is 5. The Balaban J connectivity index is 1.95. The van der Waals surface area contributed by atoms with Crippen molar-refractivity contribution in [3.8, 4) is 45.8 Å². The molecule has 12 heteroatoms. The van der Waals surface area contributed by atoms with Crippen LogP contribution < -0.4 is 10.2 Å². The van der Waals surface area contributed by atoms with E-state index in [2.05, 4.69) is 0 Å². The maximum absolute atomic E-state index is 13.2. The third kappa shape index (κ3) is 3.50. The van der Waals surface area contributed by atoms with Gasteiger partial charge in [0, 0.05) is 17.7 Å². The Morgan fingerprint density at radius 1 is 0.875 bits per heavy atom. The van der Waals surface area contributed by atoms with Crippen LogP contribution in [0.4, 0.5) is 0 Å². The minimum atomic E-state index is -1.78. The first-order valence-electron chi connectivity index (χ1n) is 9.19. The standard InChI is InChI=1S/C20H18O12/c21-7-3-8(22)13-12(4-7)31-18(6-1-9(23)14(26)10(24)2-6)19(16(13)28)32-20-17(29)15(27)11(25)5-30-20/h1-4,11,15,17,20-27,29H,5H2/t11-,15-,17+,20+/m1/s1. The number of aromatic hydroxyl groups is 5. The van der Waals surface area contributed by atoms with Crippen LogP contribution in [0.1, 0.15) is 0 Å². The van der Waals surface area contributed by atoms with E-state index in [0.717, 1.165) is 24.3 Å². The van der Waals surface area contributed by atoms with E-state index in [0.29, 0.717) is 0 Å². The van der Waals surface area contributed by atoms with Crippen LogP contribution in [0, 0.1) is 0 Å². The Bertz CT molecular complexity index is 1230. The number of rotatable bonds is 3. The second-order valence-electron chi connectivity index (χ2n) is 7.16. The van der Waals surface area contributed by atoms with Gasteiger partial charge in [-0.2, -0.15) is 0 Å². The Morgan fingerprint density at radius 3 is 2.19 bits per heavy atom. The highest BCUT2D eigenvalue weighted by Gasteiger charge is 2.40. The van der Waals surface area contributed by atoms with Crippen LogP contribution >= 0.6 is 0 Å². The van der Waals surface area contributed by atoms with Crippen molar-refractivity contribution in [2.45, 2.75) is 24.6 Å². The molecule has 12 nitrogen and oxygen atoms in total. The predicted octanol–water partition coefficient (Wildman–Crippen LogP) is -0.194. The molecule has 2 aromatic carbocycles. The number of hydrogen-bond donors (Lipinski definition) is 8. The van der Waals surface area contributed by atoms with Crippen LogP contribution in [-0.4, -0.2) is 72.1 Å². The lowest BCUT2D eigenvalue weighted by Crippen LogP contribution is -2.55. The monoisotopic (exact) mass is 450 g/mol. The number of aliphatic hydroxyl groups excluding tert-OH is 3. The van der Waals surface area contributed by atoms with Crippen molar-refractivity contribution in [2.24, 2.45) is 0 Å². The van der Waals surface area contributed by atoms with Gasteiger partial charge in [-0.25, -0.2) is 0 Å². The van der Waals surface area contributed by atoms with E-state index in [1.54, 1.807) is 0 Å². The average molecular weight is 450 g/mol. The van der Waals surface area contributed by atoms with Gasteiger partial charge in [0.05, 0.1) is 6.61 Å². The summed E-state index contributed by atoms with van der Waals surface area (Å²) in [6, 6.07) is 3.78. The van der Waals surface area contributed by atoms with Gasteiger partial charge in [0.1, 0.15) is 40.8 Å². The van der Waals surface area contributed by atoms with E-state index in [-0.39, 0.29) is 11.1 Å². The molecule has 8 N–H and O–H groups in total. The molecule has 4 atom stereocenters. The summed E-state index contributed by atoms with van der Waals surface area (Å²) in [5.74, 6) is -4.54. The summed E-state index contributed by atoms with van der Waals surface area (Å²) in [5.41, 5.74) is -1.44. The second-order valence-corrected chi connectivity index (χ2v) is 7.16. The van der Waals surface area contributed by atoms with Crippen LogP contribution in [0.25, 0.3) is 22.3 Å². The van der Waals surface area contributed by atoms with E-state index < -0.39 is 82.3 Å². The zero-order chi connectivity index (χ0) is 23.3. The molecule has 2 heterocycles. The van der Waals surface area contributed by atoms with Crippen molar-refractivity contribution in [1.82, 2.24) is 0 Å². The molecule has 4 rings (SSSR count). The van der Waals surface area contributed by atoms with E-state index in [1.807, 2.05) is 0 Å². The third-order valence-corrected chi connectivity index (χ3v) is 4.94. The van der Waals surface area contributed by atoms with E-state index in [9.17, 15) is 45.6 Å². The van der Waals surface area contributed by atoms with Gasteiger partial charge in [0.25, 0.3) is 0 Å². The summed E-state index contributed by atoms with van der Waals surface area (Å²) >= 11 is 0. The first-order valence-corrected chi connectivity index (χ1v) is 9.19. The molecule has 0 saturated carbocycles. The zero-order valence-electron chi connectivity index (χ0n) is 16.0. The fraction of sp³-hybridized carbons (Fsp3) is 0.250. The van der Waals surface area contributed by atoms with Crippen molar-refractivity contribution in [3.05, 3.63) is 34.5 Å². The van der Waals surface area contributed by atoms with Crippen LogP contribution in [0.5, 0.6) is 34.5 Å². The molecule has 0 bridgehead atoms. The molecule has 170 valence electrons. The Morgan fingerprint density at radius 2 is 1.53 bits per heavy atom. The molecule has 0 spiro atoms. The average Bonchev–Trinajstić information content (AvgIpc) is 2.72. The highest BCUT2D eigenvalue weighted by atomic mass is 16.7. The van der Waals surface area contributed by atoms with E-state index in [1.165, 1.54) is 0 Å². The molecule has 0 radical (unpaired) electrons. The summed E-state index contributed by atoms with van der Waals surface area (Å²) in [5, 5.41) is 78.4. The molecule has 1 aromatic heterocycles. The molecular formula is C20H18O12. The predicted molar refractivity (Wildman–Crippen MR) is 105 cm³/mol. The highest BCUT2D eigenvalue weighted by molar-refractivity contribution is 5.88. The number of hydrogen-bond acceptors (Lipinski definition) is 12. The van der Waals surface area contributed by atoms with Gasteiger partial charge in [-0.1, -0.05) is 0 Å². The van der Waals surface area contributed by atoms with Gasteiger partial charge in [-0.15, -0.1) is 0 Å². The molecule has 1 aliphatic heterocycles. The molecule has 1 saturated heterocycles. The van der Waals surface area contributed by atoms with Gasteiger partial charge < -0.3 is 54.7 Å². The molecular weight excluding hydrogens is 432 g/mol. The van der Waals surface area contributed by atoms with Gasteiger partial charge in [0.15, 0.2) is 23.0 Å². The fourth-order valence-corrected chi connectivity index (χ4v) is 3.30. The quantitative estimate of drug-likeness (QED) is 0.244. The smallest absolute Gasteiger partial charge is 0.239 e. The number of ether oxygens (including phenoxy) is 2. The molecule has 0 aliphatic carbocycles. The van der Waals surface area contributed by atoms with Crippen molar-refractivity contribution >= 4 is 11.0 Å². The summed E-state index contributed by atoms with van der Waals surface area (Å²) in [6.07, 6.45) is -6.49. The molecule has 1 aliphatic rings. The van der Waals surface area contributed by atoms with Crippen LogP contribution in [0.3, 0.4) is 0 Å². The Kier molecular flexibility index (Phi) is 5.22. The minimum Gasteiger partial charge on any atom is -0.508 e. The fourth-order valence-electron chi connectivity index (χ4n) is 3.30. The van der Waals surface area contributed by atoms with Gasteiger partial charge in [-0.05, 0) is 12.1 Å². The summed E-state index contributed by atoms with van der Waals surface area (Å²) < 4.78 is 16.2. The van der Waals surface area contributed by atoms with Crippen LogP contribution in [0.2, 0.25) is 0 Å². The molecule has 1 fully saturated rings.